The van der Waals surface area contributed by atoms with Crippen molar-refractivity contribution in [2.24, 2.45) is 0 Å². The van der Waals surface area contributed by atoms with Crippen molar-refractivity contribution in [3.8, 4) is 10.6 Å². The summed E-state index contributed by atoms with van der Waals surface area (Å²) in [7, 11) is 2.14. The Morgan fingerprint density at radius 3 is 2.43 bits per heavy atom. The molecular formula is C23H25FN4OS. The third-order valence-electron chi connectivity index (χ3n) is 5.39. The van der Waals surface area contributed by atoms with Crippen LogP contribution in [0.15, 0.2) is 42.5 Å². The van der Waals surface area contributed by atoms with Crippen molar-refractivity contribution in [2.45, 2.75) is 13.8 Å². The number of anilines is 2. The maximum atomic E-state index is 13.2. The Hall–Kier alpha value is -2.77. The zero-order chi connectivity index (χ0) is 21.3. The fraction of sp³-hybridized carbons (Fsp3) is 0.304. The summed E-state index contributed by atoms with van der Waals surface area (Å²) in [4.78, 5) is 22.6. The summed E-state index contributed by atoms with van der Waals surface area (Å²) in [6.45, 7) is 8.02. The molecule has 3 aromatic rings. The Labute approximate surface area is 180 Å². The van der Waals surface area contributed by atoms with Gasteiger partial charge >= 0.3 is 0 Å². The number of aryl methyl sites for hydroxylation is 2. The molecule has 5 nitrogen and oxygen atoms in total. The van der Waals surface area contributed by atoms with Gasteiger partial charge in [0.1, 0.15) is 15.7 Å². The highest BCUT2D eigenvalue weighted by atomic mass is 32.1. The summed E-state index contributed by atoms with van der Waals surface area (Å²) >= 11 is 1.32. The predicted octanol–water partition coefficient (Wildman–Crippen LogP) is 4.57. The van der Waals surface area contributed by atoms with Crippen LogP contribution in [0.5, 0.6) is 0 Å². The molecule has 0 bridgehead atoms. The Bertz CT molecular complexity index is 1060. The van der Waals surface area contributed by atoms with Crippen molar-refractivity contribution in [1.29, 1.82) is 0 Å². The fourth-order valence-corrected chi connectivity index (χ4v) is 4.61. The number of nitrogens with one attached hydrogen (secondary N) is 1. The van der Waals surface area contributed by atoms with Gasteiger partial charge in [-0.05, 0) is 68.9 Å². The Balaban J connectivity index is 1.49. The number of amides is 1. The monoisotopic (exact) mass is 424 g/mol. The number of hydrogen-bond acceptors (Lipinski definition) is 5. The quantitative estimate of drug-likeness (QED) is 0.667. The maximum Gasteiger partial charge on any atom is 0.267 e. The van der Waals surface area contributed by atoms with Crippen LogP contribution in [0.25, 0.3) is 10.6 Å². The van der Waals surface area contributed by atoms with E-state index in [2.05, 4.69) is 40.1 Å². The highest BCUT2D eigenvalue weighted by Crippen LogP contribution is 2.30. The van der Waals surface area contributed by atoms with Gasteiger partial charge in [0.25, 0.3) is 5.91 Å². The molecule has 1 fully saturated rings. The first-order chi connectivity index (χ1) is 14.4. The van der Waals surface area contributed by atoms with Crippen LogP contribution in [-0.4, -0.2) is 49.0 Å². The van der Waals surface area contributed by atoms with Crippen molar-refractivity contribution in [2.75, 3.05) is 43.4 Å². The van der Waals surface area contributed by atoms with Gasteiger partial charge in [-0.15, -0.1) is 11.3 Å². The molecule has 7 heteroatoms. The standard InChI is InChI=1S/C23H25FN4OS/c1-15-14-19(8-9-20(15)28-12-10-27(3)11-13-28)26-22(29)21-16(2)25-23(30-21)17-4-6-18(24)7-5-17/h4-9,14H,10-13H2,1-3H3,(H,26,29). The van der Waals surface area contributed by atoms with Crippen molar-refractivity contribution in [3.05, 3.63) is 64.4 Å². The first-order valence-corrected chi connectivity index (χ1v) is 10.8. The molecule has 1 aromatic heterocycles. The van der Waals surface area contributed by atoms with Gasteiger partial charge in [-0.25, -0.2) is 9.37 Å². The fourth-order valence-electron chi connectivity index (χ4n) is 3.65. The van der Waals surface area contributed by atoms with Gasteiger partial charge in [0.05, 0.1) is 5.69 Å². The summed E-state index contributed by atoms with van der Waals surface area (Å²) in [6, 6.07) is 12.2. The molecule has 0 atom stereocenters. The van der Waals surface area contributed by atoms with E-state index >= 15 is 0 Å². The molecule has 1 amide bonds. The average molecular weight is 425 g/mol. The molecule has 0 saturated carbocycles. The highest BCUT2D eigenvalue weighted by Gasteiger charge is 2.19. The van der Waals surface area contributed by atoms with Crippen LogP contribution >= 0.6 is 11.3 Å². The average Bonchev–Trinajstić information content (AvgIpc) is 3.11. The van der Waals surface area contributed by atoms with Gasteiger partial charge in [0.2, 0.25) is 0 Å². The number of nitrogens with zero attached hydrogens (tertiary/aromatic N) is 3. The molecule has 1 saturated heterocycles. The van der Waals surface area contributed by atoms with Crippen LogP contribution in [0, 0.1) is 19.7 Å². The van der Waals surface area contributed by atoms with Crippen LogP contribution in [0.3, 0.4) is 0 Å². The van der Waals surface area contributed by atoms with E-state index in [1.807, 2.05) is 19.1 Å². The second kappa shape index (κ2) is 8.53. The number of carbonyl (C=O) groups is 1. The first kappa shape index (κ1) is 20.5. The minimum absolute atomic E-state index is 0.176. The molecule has 156 valence electrons. The normalized spacial score (nSPS) is 14.7. The lowest BCUT2D eigenvalue weighted by Gasteiger charge is -2.35. The summed E-state index contributed by atoms with van der Waals surface area (Å²) in [5.74, 6) is -0.467. The predicted molar refractivity (Wildman–Crippen MR) is 121 cm³/mol. The molecule has 0 radical (unpaired) electrons. The number of carbonyl (C=O) groups excluding carboxylic acids is 1. The minimum Gasteiger partial charge on any atom is -0.369 e. The largest absolute Gasteiger partial charge is 0.369 e. The number of likely N-dealkylation sites (N-methyl/N-ethyl adjacent to an activating group) is 1. The van der Waals surface area contributed by atoms with Crippen molar-refractivity contribution in [1.82, 2.24) is 9.88 Å². The number of benzene rings is 2. The number of rotatable bonds is 4. The second-order valence-electron chi connectivity index (χ2n) is 7.69. The SMILES string of the molecule is Cc1cc(NC(=O)c2sc(-c3ccc(F)cc3)nc2C)ccc1N1CCN(C)CC1. The molecule has 1 N–H and O–H groups in total. The third-order valence-corrected chi connectivity index (χ3v) is 6.60. The zero-order valence-corrected chi connectivity index (χ0v) is 18.2. The molecule has 0 spiro atoms. The molecule has 2 aromatic carbocycles. The van der Waals surface area contributed by atoms with E-state index in [-0.39, 0.29) is 11.7 Å². The summed E-state index contributed by atoms with van der Waals surface area (Å²) in [5.41, 5.74) is 4.60. The summed E-state index contributed by atoms with van der Waals surface area (Å²) in [6.07, 6.45) is 0. The minimum atomic E-state index is -0.291. The first-order valence-electron chi connectivity index (χ1n) is 9.99. The zero-order valence-electron chi connectivity index (χ0n) is 17.4. The lowest BCUT2D eigenvalue weighted by atomic mass is 10.1. The molecule has 4 rings (SSSR count). The second-order valence-corrected chi connectivity index (χ2v) is 8.69. The van der Waals surface area contributed by atoms with Gasteiger partial charge in [0, 0.05) is 43.1 Å². The Kier molecular flexibility index (Phi) is 5.83. The van der Waals surface area contributed by atoms with E-state index in [4.69, 9.17) is 0 Å². The Morgan fingerprint density at radius 2 is 1.77 bits per heavy atom. The van der Waals surface area contributed by atoms with E-state index < -0.39 is 0 Å². The number of piperazine rings is 1. The van der Waals surface area contributed by atoms with Crippen LogP contribution in [0.4, 0.5) is 15.8 Å². The van der Waals surface area contributed by atoms with Gasteiger partial charge in [0.15, 0.2) is 0 Å². The van der Waals surface area contributed by atoms with Crippen LogP contribution in [0.1, 0.15) is 20.9 Å². The van der Waals surface area contributed by atoms with E-state index in [1.54, 1.807) is 12.1 Å². The van der Waals surface area contributed by atoms with Gasteiger partial charge < -0.3 is 15.1 Å². The van der Waals surface area contributed by atoms with Crippen LogP contribution in [-0.2, 0) is 0 Å². The summed E-state index contributed by atoms with van der Waals surface area (Å²) < 4.78 is 13.2. The third kappa shape index (κ3) is 4.37. The number of hydrogen-bond donors (Lipinski definition) is 1. The van der Waals surface area contributed by atoms with E-state index in [0.717, 1.165) is 43.0 Å². The van der Waals surface area contributed by atoms with E-state index in [1.165, 1.54) is 29.2 Å². The number of aromatic nitrogens is 1. The van der Waals surface area contributed by atoms with Crippen LogP contribution < -0.4 is 10.2 Å². The molecular weight excluding hydrogens is 399 g/mol. The lowest BCUT2D eigenvalue weighted by molar-refractivity contribution is 0.103. The Morgan fingerprint density at radius 1 is 1.07 bits per heavy atom. The smallest absolute Gasteiger partial charge is 0.267 e. The molecule has 0 aliphatic carbocycles. The molecule has 2 heterocycles. The van der Waals surface area contributed by atoms with Crippen molar-refractivity contribution < 1.29 is 9.18 Å². The lowest BCUT2D eigenvalue weighted by Crippen LogP contribution is -2.44. The van der Waals surface area contributed by atoms with Gasteiger partial charge in [-0.3, -0.25) is 4.79 Å². The van der Waals surface area contributed by atoms with Crippen molar-refractivity contribution in [3.63, 3.8) is 0 Å². The topological polar surface area (TPSA) is 48.5 Å². The molecule has 30 heavy (non-hydrogen) atoms. The maximum absolute atomic E-state index is 13.2. The van der Waals surface area contributed by atoms with Gasteiger partial charge in [-0.2, -0.15) is 0 Å². The molecule has 0 unspecified atom stereocenters. The highest BCUT2D eigenvalue weighted by molar-refractivity contribution is 7.17. The van der Waals surface area contributed by atoms with Crippen molar-refractivity contribution >= 4 is 28.6 Å². The van der Waals surface area contributed by atoms with E-state index in [0.29, 0.717) is 15.6 Å². The van der Waals surface area contributed by atoms with E-state index in [9.17, 15) is 9.18 Å². The number of thiazole rings is 1. The molecule has 1 aliphatic heterocycles. The van der Waals surface area contributed by atoms with Crippen LogP contribution in [0.2, 0.25) is 0 Å². The molecule has 1 aliphatic rings. The van der Waals surface area contributed by atoms with Gasteiger partial charge in [-0.1, -0.05) is 0 Å². The number of halogens is 1. The summed E-state index contributed by atoms with van der Waals surface area (Å²) in [5, 5.41) is 3.70.